The first kappa shape index (κ1) is 21.2. The van der Waals surface area contributed by atoms with Crippen LogP contribution in [-0.2, 0) is 11.3 Å². The third-order valence-electron chi connectivity index (χ3n) is 4.06. The van der Waals surface area contributed by atoms with Crippen molar-refractivity contribution in [1.82, 2.24) is 15.5 Å². The van der Waals surface area contributed by atoms with Gasteiger partial charge in [-0.2, -0.15) is 8.78 Å². The van der Waals surface area contributed by atoms with Crippen molar-refractivity contribution in [2.45, 2.75) is 39.3 Å². The Morgan fingerprint density at radius 3 is 2.89 bits per heavy atom. The van der Waals surface area contributed by atoms with Crippen molar-refractivity contribution < 1.29 is 18.3 Å². The number of hydrogen-bond acceptors (Lipinski definition) is 3. The number of halogens is 3. The van der Waals surface area contributed by atoms with Crippen LogP contribution in [0.15, 0.2) is 23.2 Å². The van der Waals surface area contributed by atoms with E-state index in [1.807, 2.05) is 11.8 Å². The number of alkyl halides is 2. The van der Waals surface area contributed by atoms with E-state index in [-0.39, 0.29) is 18.2 Å². The number of carbonyl (C=O) groups is 1. The largest absolute Gasteiger partial charge is 0.434 e. The highest BCUT2D eigenvalue weighted by Gasteiger charge is 2.19. The summed E-state index contributed by atoms with van der Waals surface area (Å²) in [7, 11) is 0. The van der Waals surface area contributed by atoms with Gasteiger partial charge in [-0.3, -0.25) is 4.79 Å². The SMILES string of the molecule is CCNC(=NCc1cc(Cl)ccc1OC(F)F)NCCCN1CCCC1=O. The standard InChI is InChI=1S/C18H25ClF2N4O2/c1-2-22-18(23-8-4-10-25-9-3-5-16(25)26)24-12-13-11-14(19)6-7-15(13)27-17(20)21/h6-7,11,17H,2-5,8-10,12H2,1H3,(H2,22,23,24). The van der Waals surface area contributed by atoms with Gasteiger partial charge in [0.25, 0.3) is 0 Å². The van der Waals surface area contributed by atoms with Gasteiger partial charge in [-0.25, -0.2) is 4.99 Å². The van der Waals surface area contributed by atoms with Gasteiger partial charge in [0.05, 0.1) is 6.54 Å². The maximum Gasteiger partial charge on any atom is 0.387 e. The summed E-state index contributed by atoms with van der Waals surface area (Å²) in [6.45, 7) is 2.01. The number of carbonyl (C=O) groups excluding carboxylic acids is 1. The zero-order valence-electron chi connectivity index (χ0n) is 15.3. The number of hydrogen-bond donors (Lipinski definition) is 2. The maximum atomic E-state index is 12.5. The normalized spacial score (nSPS) is 14.8. The fourth-order valence-electron chi connectivity index (χ4n) is 2.81. The molecule has 1 aliphatic rings. The van der Waals surface area contributed by atoms with Crippen LogP contribution in [0.2, 0.25) is 5.02 Å². The first-order valence-electron chi connectivity index (χ1n) is 9.02. The molecule has 0 bridgehead atoms. The minimum Gasteiger partial charge on any atom is -0.434 e. The van der Waals surface area contributed by atoms with E-state index in [9.17, 15) is 13.6 Å². The lowest BCUT2D eigenvalue weighted by Crippen LogP contribution is -2.39. The number of nitrogens with zero attached hydrogens (tertiary/aromatic N) is 2. The van der Waals surface area contributed by atoms with Gasteiger partial charge in [-0.15, -0.1) is 0 Å². The first-order valence-corrected chi connectivity index (χ1v) is 9.40. The molecular formula is C18H25ClF2N4O2. The van der Waals surface area contributed by atoms with Gasteiger partial charge in [0, 0.05) is 43.2 Å². The molecule has 1 heterocycles. The number of rotatable bonds is 9. The minimum absolute atomic E-state index is 0.0570. The Kier molecular flexibility index (Phi) is 8.57. The van der Waals surface area contributed by atoms with Crippen LogP contribution in [0, 0.1) is 0 Å². The monoisotopic (exact) mass is 402 g/mol. The van der Waals surface area contributed by atoms with Gasteiger partial charge in [0.1, 0.15) is 5.75 Å². The van der Waals surface area contributed by atoms with Gasteiger partial charge in [0.15, 0.2) is 5.96 Å². The van der Waals surface area contributed by atoms with Gasteiger partial charge < -0.3 is 20.3 Å². The summed E-state index contributed by atoms with van der Waals surface area (Å²) >= 11 is 5.95. The molecule has 0 radical (unpaired) electrons. The van der Waals surface area contributed by atoms with Gasteiger partial charge in [0.2, 0.25) is 5.91 Å². The van der Waals surface area contributed by atoms with Crippen molar-refractivity contribution in [3.05, 3.63) is 28.8 Å². The Morgan fingerprint density at radius 2 is 2.22 bits per heavy atom. The van der Waals surface area contributed by atoms with Gasteiger partial charge in [-0.05, 0) is 38.0 Å². The highest BCUT2D eigenvalue weighted by molar-refractivity contribution is 6.30. The molecule has 1 aromatic rings. The van der Waals surface area contributed by atoms with Crippen LogP contribution < -0.4 is 15.4 Å². The molecule has 0 aliphatic carbocycles. The second kappa shape index (κ2) is 10.9. The molecule has 1 fully saturated rings. The minimum atomic E-state index is -2.91. The number of likely N-dealkylation sites (tertiary alicyclic amines) is 1. The van der Waals surface area contributed by atoms with E-state index in [0.717, 1.165) is 19.4 Å². The van der Waals surface area contributed by atoms with Crippen molar-refractivity contribution in [3.63, 3.8) is 0 Å². The first-order chi connectivity index (χ1) is 13.0. The summed E-state index contributed by atoms with van der Waals surface area (Å²) in [5.41, 5.74) is 0.475. The molecule has 6 nitrogen and oxygen atoms in total. The van der Waals surface area contributed by atoms with E-state index in [0.29, 0.717) is 42.6 Å². The van der Waals surface area contributed by atoms with Crippen molar-refractivity contribution in [1.29, 1.82) is 0 Å². The molecule has 1 aromatic carbocycles. The van der Waals surface area contributed by atoms with Gasteiger partial charge in [-0.1, -0.05) is 11.6 Å². The lowest BCUT2D eigenvalue weighted by Gasteiger charge is -2.16. The summed E-state index contributed by atoms with van der Waals surface area (Å²) in [6, 6.07) is 4.47. The topological polar surface area (TPSA) is 66.0 Å². The molecule has 27 heavy (non-hydrogen) atoms. The zero-order chi connectivity index (χ0) is 19.6. The number of ether oxygens (including phenoxy) is 1. The number of guanidine groups is 1. The van der Waals surface area contributed by atoms with Gasteiger partial charge >= 0.3 is 6.61 Å². The number of aliphatic imine (C=N–C) groups is 1. The maximum absolute atomic E-state index is 12.5. The third-order valence-corrected chi connectivity index (χ3v) is 4.29. The Morgan fingerprint density at radius 1 is 1.41 bits per heavy atom. The van der Waals surface area contributed by atoms with E-state index < -0.39 is 6.61 Å². The van der Waals surface area contributed by atoms with Crippen LogP contribution in [0.3, 0.4) is 0 Å². The predicted octanol–water partition coefficient (Wildman–Crippen LogP) is 3.01. The predicted molar refractivity (Wildman–Crippen MR) is 101 cm³/mol. The lowest BCUT2D eigenvalue weighted by molar-refractivity contribution is -0.127. The van der Waals surface area contributed by atoms with Crippen LogP contribution >= 0.6 is 11.6 Å². The van der Waals surface area contributed by atoms with E-state index >= 15 is 0 Å². The molecule has 0 atom stereocenters. The van der Waals surface area contributed by atoms with Crippen molar-refractivity contribution in [2.75, 3.05) is 26.2 Å². The Balaban J connectivity index is 1.90. The molecule has 0 unspecified atom stereocenters. The Labute approximate surface area is 162 Å². The summed E-state index contributed by atoms with van der Waals surface area (Å²) < 4.78 is 29.6. The molecule has 0 spiro atoms. The Bertz CT molecular complexity index is 658. The van der Waals surface area contributed by atoms with Crippen molar-refractivity contribution >= 4 is 23.5 Å². The van der Waals surface area contributed by atoms with Crippen molar-refractivity contribution in [2.24, 2.45) is 4.99 Å². The lowest BCUT2D eigenvalue weighted by atomic mass is 10.2. The van der Waals surface area contributed by atoms with Crippen LogP contribution in [0.1, 0.15) is 31.7 Å². The summed E-state index contributed by atoms with van der Waals surface area (Å²) in [5, 5.41) is 6.71. The van der Waals surface area contributed by atoms with Crippen molar-refractivity contribution in [3.8, 4) is 5.75 Å². The average molecular weight is 403 g/mol. The van der Waals surface area contributed by atoms with Crippen LogP contribution in [0.5, 0.6) is 5.75 Å². The van der Waals surface area contributed by atoms with Crippen LogP contribution in [-0.4, -0.2) is 49.6 Å². The van der Waals surface area contributed by atoms with Crippen LogP contribution in [0.4, 0.5) is 8.78 Å². The summed E-state index contributed by atoms with van der Waals surface area (Å²) in [4.78, 5) is 17.9. The molecule has 150 valence electrons. The molecule has 2 rings (SSSR count). The zero-order valence-corrected chi connectivity index (χ0v) is 16.1. The quantitative estimate of drug-likeness (QED) is 0.378. The number of benzene rings is 1. The van der Waals surface area contributed by atoms with E-state index in [1.165, 1.54) is 12.1 Å². The molecule has 0 saturated carbocycles. The summed E-state index contributed by atoms with van der Waals surface area (Å²) in [5.74, 6) is 0.831. The molecule has 9 heteroatoms. The fraction of sp³-hybridized carbons (Fsp3) is 0.556. The second-order valence-electron chi connectivity index (χ2n) is 6.09. The highest BCUT2D eigenvalue weighted by atomic mass is 35.5. The molecule has 1 amide bonds. The third kappa shape index (κ3) is 7.21. The molecular weight excluding hydrogens is 378 g/mol. The second-order valence-corrected chi connectivity index (χ2v) is 6.53. The molecule has 2 N–H and O–H groups in total. The van der Waals surface area contributed by atoms with Crippen LogP contribution in [0.25, 0.3) is 0 Å². The van der Waals surface area contributed by atoms with E-state index in [4.69, 9.17) is 11.6 Å². The summed E-state index contributed by atoms with van der Waals surface area (Å²) in [6.07, 6.45) is 2.37. The average Bonchev–Trinajstić information content (AvgIpc) is 3.03. The molecule has 1 aliphatic heterocycles. The number of nitrogens with one attached hydrogen (secondary N) is 2. The number of amides is 1. The van der Waals surface area contributed by atoms with E-state index in [1.54, 1.807) is 6.07 Å². The fourth-order valence-corrected chi connectivity index (χ4v) is 3.00. The molecule has 1 saturated heterocycles. The highest BCUT2D eigenvalue weighted by Crippen LogP contribution is 2.25. The Hall–Kier alpha value is -2.09. The van der Waals surface area contributed by atoms with E-state index in [2.05, 4.69) is 20.4 Å². The molecule has 0 aromatic heterocycles. The smallest absolute Gasteiger partial charge is 0.387 e.